The molecular weight excluding hydrogens is 272 g/mol. The first-order valence-electron chi connectivity index (χ1n) is 7.93. The molecule has 0 spiro atoms. The lowest BCUT2D eigenvalue weighted by molar-refractivity contribution is -0.136. The van der Waals surface area contributed by atoms with Crippen molar-refractivity contribution in [3.8, 4) is 0 Å². The van der Waals surface area contributed by atoms with Gasteiger partial charge in [0.25, 0.3) is 0 Å². The molecule has 0 fully saturated rings. The van der Waals surface area contributed by atoms with Crippen LogP contribution in [-0.4, -0.2) is 33.8 Å². The summed E-state index contributed by atoms with van der Waals surface area (Å²) in [7, 11) is 0.0429. The van der Waals surface area contributed by atoms with E-state index in [2.05, 4.69) is 13.2 Å². The molecule has 0 aromatic rings. The summed E-state index contributed by atoms with van der Waals surface area (Å²) in [6.45, 7) is 4.09. The third-order valence-corrected chi connectivity index (χ3v) is 6.11. The summed E-state index contributed by atoms with van der Waals surface area (Å²) in [5, 5.41) is 8.75. The second-order valence-corrected chi connectivity index (χ2v) is 8.06. The van der Waals surface area contributed by atoms with Crippen LogP contribution in [0.4, 0.5) is 0 Å². The van der Waals surface area contributed by atoms with Crippen LogP contribution in [0.1, 0.15) is 78.1 Å². The Morgan fingerprint density at radius 1 is 0.950 bits per heavy atom. The van der Waals surface area contributed by atoms with Crippen LogP contribution >= 0.6 is 0 Å². The molecule has 0 aromatic heterocycles. The van der Waals surface area contributed by atoms with E-state index in [1.54, 1.807) is 0 Å². The van der Waals surface area contributed by atoms with E-state index in [0.29, 0.717) is 0 Å². The van der Waals surface area contributed by atoms with Gasteiger partial charge >= 0.3 is 5.97 Å². The van der Waals surface area contributed by atoms with E-state index in [-0.39, 0.29) is 21.6 Å². The molecule has 0 rings (SSSR count). The third kappa shape index (κ3) is 12.8. The Bertz CT molecular complexity index is 222. The van der Waals surface area contributed by atoms with Gasteiger partial charge in [-0.2, -0.15) is 0 Å². The van der Waals surface area contributed by atoms with E-state index in [0.717, 1.165) is 5.75 Å². The Morgan fingerprint density at radius 3 is 1.75 bits per heavy atom. The molecule has 0 amide bonds. The Balaban J connectivity index is 0. The van der Waals surface area contributed by atoms with Gasteiger partial charge in [-0.3, -0.25) is 0 Å². The summed E-state index contributed by atoms with van der Waals surface area (Å²) in [5.41, 5.74) is 0. The van der Waals surface area contributed by atoms with E-state index in [9.17, 15) is 4.79 Å². The van der Waals surface area contributed by atoms with Crippen molar-refractivity contribution in [3.63, 3.8) is 0 Å². The Hall–Kier alpha value is -0.220. The van der Waals surface area contributed by atoms with Crippen molar-refractivity contribution in [2.75, 3.05) is 12.0 Å². The quantitative estimate of drug-likeness (QED) is 0.404. The second-order valence-electron chi connectivity index (χ2n) is 5.56. The Kier molecular flexibility index (Phi) is 16.7. The maximum atomic E-state index is 10.8. The standard InChI is InChI=1S/C16H32O2S.H2O/c1-4-5-6-7-8-9-10-11-12-13-14-19(3)15(2)16(17)18;/h15H,4-14H2,1-3H3;1H2. The predicted molar refractivity (Wildman–Crippen MR) is 89.0 cm³/mol. The first-order chi connectivity index (χ1) is 9.09. The Morgan fingerprint density at radius 2 is 1.35 bits per heavy atom. The van der Waals surface area contributed by atoms with Crippen molar-refractivity contribution in [2.24, 2.45) is 0 Å². The molecule has 122 valence electrons. The van der Waals surface area contributed by atoms with E-state index in [1.165, 1.54) is 64.2 Å². The highest BCUT2D eigenvalue weighted by Crippen LogP contribution is 2.12. The first-order valence-corrected chi connectivity index (χ1v) is 9.80. The SMILES string of the molecule is CCCCCCCCCCCC[S+](C)C(C)C(=O)O.[OH-]. The minimum atomic E-state index is -0.641. The lowest BCUT2D eigenvalue weighted by Gasteiger charge is -2.07. The minimum Gasteiger partial charge on any atom is -0.870 e. The van der Waals surface area contributed by atoms with Crippen LogP contribution < -0.4 is 0 Å². The zero-order valence-corrected chi connectivity index (χ0v) is 14.4. The number of unbranched alkanes of at least 4 members (excludes halogenated alkanes) is 9. The van der Waals surface area contributed by atoms with E-state index < -0.39 is 5.97 Å². The van der Waals surface area contributed by atoms with Crippen LogP contribution in [0, 0.1) is 0 Å². The molecule has 2 atom stereocenters. The molecule has 0 aromatic carbocycles. The van der Waals surface area contributed by atoms with Gasteiger partial charge in [0.1, 0.15) is 5.75 Å². The average molecular weight is 307 g/mol. The van der Waals surface area contributed by atoms with Crippen molar-refractivity contribution >= 4 is 16.9 Å². The number of rotatable bonds is 13. The van der Waals surface area contributed by atoms with Gasteiger partial charge in [-0.05, 0) is 30.7 Å². The monoisotopic (exact) mass is 306 g/mol. The van der Waals surface area contributed by atoms with Crippen molar-refractivity contribution in [2.45, 2.75) is 83.3 Å². The second kappa shape index (κ2) is 15.2. The first kappa shape index (κ1) is 22.1. The van der Waals surface area contributed by atoms with Gasteiger partial charge in [-0.15, -0.1) is 0 Å². The van der Waals surface area contributed by atoms with E-state index in [1.807, 2.05) is 6.92 Å². The molecule has 20 heavy (non-hydrogen) atoms. The van der Waals surface area contributed by atoms with Gasteiger partial charge in [0.2, 0.25) is 5.25 Å². The van der Waals surface area contributed by atoms with Crippen molar-refractivity contribution in [3.05, 3.63) is 0 Å². The van der Waals surface area contributed by atoms with Crippen molar-refractivity contribution < 1.29 is 15.4 Å². The molecule has 4 heteroatoms. The largest absolute Gasteiger partial charge is 0.870 e. The lowest BCUT2D eigenvalue weighted by atomic mass is 10.1. The predicted octanol–water partition coefficient (Wildman–Crippen LogP) is 4.45. The highest BCUT2D eigenvalue weighted by Gasteiger charge is 2.27. The fourth-order valence-electron chi connectivity index (χ4n) is 2.17. The van der Waals surface area contributed by atoms with Gasteiger partial charge in [-0.1, -0.05) is 58.3 Å². The van der Waals surface area contributed by atoms with Gasteiger partial charge in [0, 0.05) is 0 Å². The van der Waals surface area contributed by atoms with Gasteiger partial charge in [0.15, 0.2) is 0 Å². The molecule has 3 nitrogen and oxygen atoms in total. The molecule has 0 saturated heterocycles. The third-order valence-electron chi connectivity index (χ3n) is 3.77. The Labute approximate surface area is 128 Å². The van der Waals surface area contributed by atoms with Gasteiger partial charge in [0.05, 0.1) is 6.26 Å². The van der Waals surface area contributed by atoms with E-state index in [4.69, 9.17) is 5.11 Å². The average Bonchev–Trinajstić information content (AvgIpc) is 2.39. The van der Waals surface area contributed by atoms with Gasteiger partial charge < -0.3 is 10.6 Å². The number of carboxylic acid groups (broad SMARTS) is 1. The number of hydrogen-bond acceptors (Lipinski definition) is 2. The summed E-state index contributed by atoms with van der Waals surface area (Å²) in [5.74, 6) is 0.446. The summed E-state index contributed by atoms with van der Waals surface area (Å²) < 4.78 is 0. The molecule has 0 saturated carbocycles. The molecule has 2 N–H and O–H groups in total. The summed E-state index contributed by atoms with van der Waals surface area (Å²) >= 11 is 0. The smallest absolute Gasteiger partial charge is 0.356 e. The van der Waals surface area contributed by atoms with Crippen LogP contribution in [0.3, 0.4) is 0 Å². The maximum absolute atomic E-state index is 10.8. The highest BCUT2D eigenvalue weighted by atomic mass is 32.2. The molecular formula is C16H34O3S. The molecule has 0 heterocycles. The summed E-state index contributed by atoms with van der Waals surface area (Å²) in [6, 6.07) is 0. The number of hydrogen-bond donors (Lipinski definition) is 1. The zero-order valence-electron chi connectivity index (χ0n) is 13.6. The summed E-state index contributed by atoms with van der Waals surface area (Å²) in [6.07, 6.45) is 15.6. The van der Waals surface area contributed by atoms with Crippen LogP contribution in [-0.2, 0) is 15.7 Å². The highest BCUT2D eigenvalue weighted by molar-refractivity contribution is 7.97. The fourth-order valence-corrected chi connectivity index (χ4v) is 3.52. The topological polar surface area (TPSA) is 67.3 Å². The maximum Gasteiger partial charge on any atom is 0.356 e. The molecule has 0 aliphatic carbocycles. The van der Waals surface area contributed by atoms with Crippen LogP contribution in [0.2, 0.25) is 0 Å². The van der Waals surface area contributed by atoms with Gasteiger partial charge in [-0.25, -0.2) is 4.79 Å². The van der Waals surface area contributed by atoms with Crippen molar-refractivity contribution in [1.82, 2.24) is 0 Å². The number of carbonyl (C=O) groups is 1. The van der Waals surface area contributed by atoms with Crippen LogP contribution in [0.15, 0.2) is 0 Å². The summed E-state index contributed by atoms with van der Waals surface area (Å²) in [4.78, 5) is 10.8. The van der Waals surface area contributed by atoms with E-state index >= 15 is 0 Å². The molecule has 2 unspecified atom stereocenters. The van der Waals surface area contributed by atoms with Crippen LogP contribution in [0.5, 0.6) is 0 Å². The molecule has 0 aliphatic rings. The lowest BCUT2D eigenvalue weighted by Crippen LogP contribution is -2.28. The van der Waals surface area contributed by atoms with Crippen molar-refractivity contribution in [1.29, 1.82) is 0 Å². The fraction of sp³-hybridized carbons (Fsp3) is 0.938. The minimum absolute atomic E-state index is 0. The zero-order chi connectivity index (χ0) is 14.5. The molecule has 0 aliphatic heterocycles. The molecule has 0 radical (unpaired) electrons. The van der Waals surface area contributed by atoms with Crippen LogP contribution in [0.25, 0.3) is 0 Å². The number of aliphatic carboxylic acids is 1. The normalized spacial score (nSPS) is 13.6. The number of carboxylic acids is 1. The molecule has 0 bridgehead atoms.